The summed E-state index contributed by atoms with van der Waals surface area (Å²) < 4.78 is 0. The second-order valence-electron chi connectivity index (χ2n) is 6.45. The van der Waals surface area contributed by atoms with Crippen LogP contribution in [0, 0.1) is 17.3 Å². The maximum absolute atomic E-state index is 11.5. The zero-order valence-corrected chi connectivity index (χ0v) is 10.8. The monoisotopic (exact) mass is 239 g/mol. The molecule has 1 saturated heterocycles. The zero-order chi connectivity index (χ0) is 12.8. The summed E-state index contributed by atoms with van der Waals surface area (Å²) in [5.41, 5.74) is -0.0573. The van der Waals surface area contributed by atoms with Crippen LogP contribution in [0.4, 0.5) is 4.79 Å². The molecule has 4 heteroatoms. The molecule has 0 bridgehead atoms. The van der Waals surface area contributed by atoms with Gasteiger partial charge in [-0.15, -0.1) is 0 Å². The maximum atomic E-state index is 11.5. The van der Waals surface area contributed by atoms with Crippen molar-refractivity contribution in [1.29, 1.82) is 0 Å². The Morgan fingerprint density at radius 3 is 2.59 bits per heavy atom. The van der Waals surface area contributed by atoms with E-state index in [9.17, 15) is 14.7 Å². The van der Waals surface area contributed by atoms with E-state index in [1.54, 1.807) is 4.90 Å². The largest absolute Gasteiger partial charge is 0.465 e. The molecule has 1 aliphatic heterocycles. The topological polar surface area (TPSA) is 57.6 Å². The van der Waals surface area contributed by atoms with Gasteiger partial charge in [-0.1, -0.05) is 20.8 Å². The normalized spacial score (nSPS) is 33.7. The molecule has 3 unspecified atom stereocenters. The summed E-state index contributed by atoms with van der Waals surface area (Å²) in [6.45, 7) is 6.80. The lowest BCUT2D eigenvalue weighted by Gasteiger charge is -2.38. The number of rotatable bonds is 0. The molecule has 3 atom stereocenters. The molecule has 2 fully saturated rings. The molecule has 0 spiro atoms. The van der Waals surface area contributed by atoms with E-state index in [1.807, 2.05) is 0 Å². The first kappa shape index (κ1) is 12.4. The Morgan fingerprint density at radius 2 is 2.06 bits per heavy atom. The van der Waals surface area contributed by atoms with Crippen molar-refractivity contribution in [3.05, 3.63) is 0 Å². The number of hydrogen-bond acceptors (Lipinski definition) is 2. The molecule has 2 rings (SSSR count). The first-order valence-electron chi connectivity index (χ1n) is 6.32. The molecule has 2 aliphatic rings. The van der Waals surface area contributed by atoms with Gasteiger partial charge in [0.15, 0.2) is 0 Å². The van der Waals surface area contributed by atoms with E-state index in [4.69, 9.17) is 0 Å². The van der Waals surface area contributed by atoms with Gasteiger partial charge in [-0.25, -0.2) is 4.79 Å². The molecular formula is C13H21NO3. The molecule has 1 saturated carbocycles. The Bertz CT molecular complexity index is 345. The third kappa shape index (κ3) is 2.17. The van der Waals surface area contributed by atoms with Crippen LogP contribution < -0.4 is 0 Å². The van der Waals surface area contributed by atoms with E-state index in [2.05, 4.69) is 20.8 Å². The minimum absolute atomic E-state index is 0.0538. The van der Waals surface area contributed by atoms with Crippen LogP contribution in [-0.4, -0.2) is 34.5 Å². The average molecular weight is 239 g/mol. The highest BCUT2D eigenvalue weighted by Crippen LogP contribution is 2.45. The van der Waals surface area contributed by atoms with Gasteiger partial charge in [-0.05, 0) is 23.7 Å². The van der Waals surface area contributed by atoms with Crippen LogP contribution in [0.5, 0.6) is 0 Å². The third-order valence-electron chi connectivity index (χ3n) is 4.16. The number of nitrogens with zero attached hydrogens (tertiary/aromatic N) is 1. The number of carbonyl (C=O) groups is 2. The lowest BCUT2D eigenvalue weighted by atomic mass is 9.71. The molecule has 17 heavy (non-hydrogen) atoms. The van der Waals surface area contributed by atoms with Crippen LogP contribution in [0.2, 0.25) is 0 Å². The number of carbonyl (C=O) groups excluding carboxylic acids is 1. The van der Waals surface area contributed by atoms with Crippen molar-refractivity contribution in [3.63, 3.8) is 0 Å². The molecule has 0 aromatic heterocycles. The molecule has 4 nitrogen and oxygen atoms in total. The first-order valence-corrected chi connectivity index (χ1v) is 6.32. The molecule has 96 valence electrons. The fraction of sp³-hybridized carbons (Fsp3) is 0.846. The molecule has 1 N–H and O–H groups in total. The van der Waals surface area contributed by atoms with Gasteiger partial charge >= 0.3 is 6.09 Å². The Morgan fingerprint density at radius 1 is 1.41 bits per heavy atom. The third-order valence-corrected chi connectivity index (χ3v) is 4.16. The Labute approximate surface area is 102 Å². The average Bonchev–Trinajstić information content (AvgIpc) is 2.55. The standard InChI is InChI=1S/C13H21NO3/c1-13(2,3)11-10-5-4-9(15)6-8(10)7-14(11)12(16)17/h8,10-11H,4-7H2,1-3H3,(H,16,17). The number of amides is 1. The summed E-state index contributed by atoms with van der Waals surface area (Å²) in [7, 11) is 0. The van der Waals surface area contributed by atoms with Gasteiger partial charge in [0, 0.05) is 25.4 Å². The lowest BCUT2D eigenvalue weighted by Crippen LogP contribution is -2.45. The van der Waals surface area contributed by atoms with Crippen molar-refractivity contribution in [2.45, 2.75) is 46.1 Å². The van der Waals surface area contributed by atoms with E-state index in [1.165, 1.54) is 0 Å². The van der Waals surface area contributed by atoms with Crippen molar-refractivity contribution in [1.82, 2.24) is 4.90 Å². The van der Waals surface area contributed by atoms with Crippen molar-refractivity contribution < 1.29 is 14.7 Å². The Kier molecular flexibility index (Phi) is 2.92. The predicted octanol–water partition coefficient (Wildman–Crippen LogP) is 2.38. The van der Waals surface area contributed by atoms with Crippen LogP contribution in [0.1, 0.15) is 40.0 Å². The molecule has 1 amide bonds. The molecule has 1 aliphatic carbocycles. The minimum Gasteiger partial charge on any atom is -0.465 e. The van der Waals surface area contributed by atoms with Gasteiger partial charge in [0.1, 0.15) is 5.78 Å². The van der Waals surface area contributed by atoms with Crippen molar-refractivity contribution in [2.75, 3.05) is 6.54 Å². The molecular weight excluding hydrogens is 218 g/mol. The SMILES string of the molecule is CC(C)(C)C1C2CCC(=O)CC2CN1C(=O)O. The van der Waals surface area contributed by atoms with Crippen molar-refractivity contribution >= 4 is 11.9 Å². The second kappa shape index (κ2) is 4.00. The quantitative estimate of drug-likeness (QED) is 0.706. The summed E-state index contributed by atoms with van der Waals surface area (Å²) in [5.74, 6) is 0.909. The Hall–Kier alpha value is -1.06. The van der Waals surface area contributed by atoms with Crippen LogP contribution in [-0.2, 0) is 4.79 Å². The number of carboxylic acid groups (broad SMARTS) is 1. The van der Waals surface area contributed by atoms with Crippen molar-refractivity contribution in [3.8, 4) is 0 Å². The zero-order valence-electron chi connectivity index (χ0n) is 10.8. The molecule has 0 aromatic carbocycles. The van der Waals surface area contributed by atoms with Gasteiger partial charge in [-0.3, -0.25) is 4.79 Å². The number of likely N-dealkylation sites (tertiary alicyclic amines) is 1. The van der Waals surface area contributed by atoms with Gasteiger partial charge in [0.25, 0.3) is 0 Å². The highest BCUT2D eigenvalue weighted by atomic mass is 16.4. The van der Waals surface area contributed by atoms with Crippen LogP contribution in [0.15, 0.2) is 0 Å². The van der Waals surface area contributed by atoms with Crippen LogP contribution in [0.3, 0.4) is 0 Å². The maximum Gasteiger partial charge on any atom is 0.407 e. The number of hydrogen-bond donors (Lipinski definition) is 1. The van der Waals surface area contributed by atoms with Gasteiger partial charge in [0.2, 0.25) is 0 Å². The molecule has 1 heterocycles. The van der Waals surface area contributed by atoms with E-state index in [-0.39, 0.29) is 17.4 Å². The minimum atomic E-state index is -0.841. The smallest absolute Gasteiger partial charge is 0.407 e. The summed E-state index contributed by atoms with van der Waals surface area (Å²) in [4.78, 5) is 24.4. The van der Waals surface area contributed by atoms with E-state index < -0.39 is 6.09 Å². The second-order valence-corrected chi connectivity index (χ2v) is 6.45. The summed E-state index contributed by atoms with van der Waals surface area (Å²) >= 11 is 0. The fourth-order valence-electron chi connectivity index (χ4n) is 3.63. The number of ketones is 1. The fourth-order valence-corrected chi connectivity index (χ4v) is 3.63. The Balaban J connectivity index is 2.26. The van der Waals surface area contributed by atoms with Crippen LogP contribution in [0.25, 0.3) is 0 Å². The predicted molar refractivity (Wildman–Crippen MR) is 63.8 cm³/mol. The van der Waals surface area contributed by atoms with E-state index in [0.29, 0.717) is 31.1 Å². The highest BCUT2D eigenvalue weighted by molar-refractivity contribution is 5.80. The number of Topliss-reactive ketones (excluding diaryl/α,β-unsaturated/α-hetero) is 1. The first-order chi connectivity index (χ1) is 7.80. The molecule has 0 aromatic rings. The summed E-state index contributed by atoms with van der Waals surface area (Å²) in [5, 5.41) is 9.30. The summed E-state index contributed by atoms with van der Waals surface area (Å²) in [6, 6.07) is 0.0538. The molecule has 0 radical (unpaired) electrons. The summed E-state index contributed by atoms with van der Waals surface area (Å²) in [6.07, 6.45) is 1.21. The van der Waals surface area contributed by atoms with E-state index in [0.717, 1.165) is 6.42 Å². The highest BCUT2D eigenvalue weighted by Gasteiger charge is 2.50. The van der Waals surface area contributed by atoms with Gasteiger partial charge in [0.05, 0.1) is 0 Å². The van der Waals surface area contributed by atoms with Crippen molar-refractivity contribution in [2.24, 2.45) is 17.3 Å². The lowest BCUT2D eigenvalue weighted by molar-refractivity contribution is -0.122. The van der Waals surface area contributed by atoms with Gasteiger partial charge in [-0.2, -0.15) is 0 Å². The van der Waals surface area contributed by atoms with Crippen LogP contribution >= 0.6 is 0 Å². The van der Waals surface area contributed by atoms with E-state index >= 15 is 0 Å². The van der Waals surface area contributed by atoms with Gasteiger partial charge < -0.3 is 10.0 Å². The number of fused-ring (bicyclic) bond motifs is 1.